The van der Waals surface area contributed by atoms with Gasteiger partial charge in [0.15, 0.2) is 0 Å². The molecule has 5 heteroatoms. The highest BCUT2D eigenvalue weighted by molar-refractivity contribution is 5.81. The maximum absolute atomic E-state index is 12.4. The highest BCUT2D eigenvalue weighted by Crippen LogP contribution is 2.38. The van der Waals surface area contributed by atoms with Crippen LogP contribution in [0.4, 0.5) is 0 Å². The summed E-state index contributed by atoms with van der Waals surface area (Å²) in [7, 11) is 0. The van der Waals surface area contributed by atoms with E-state index >= 15 is 0 Å². The number of aryl methyl sites for hydroxylation is 1. The van der Waals surface area contributed by atoms with Gasteiger partial charge in [-0.25, -0.2) is 4.79 Å². The van der Waals surface area contributed by atoms with Gasteiger partial charge in [-0.2, -0.15) is 0 Å². The van der Waals surface area contributed by atoms with Crippen molar-refractivity contribution in [2.75, 3.05) is 6.61 Å². The SMILES string of the molecule is CCOC(=O)[C@@]1([C@@H](C)O)CCc2ccc(OCc3ccccc3)cc2O1. The van der Waals surface area contributed by atoms with Crippen LogP contribution in [0.25, 0.3) is 0 Å². The Kier molecular flexibility index (Phi) is 5.47. The number of aliphatic hydroxyl groups is 1. The number of hydrogen-bond donors (Lipinski definition) is 1. The number of carbonyl (C=O) groups excluding carboxylic acids is 1. The first-order valence-electron chi connectivity index (χ1n) is 8.89. The molecule has 0 fully saturated rings. The lowest BCUT2D eigenvalue weighted by Crippen LogP contribution is -2.56. The fourth-order valence-electron chi connectivity index (χ4n) is 3.10. The van der Waals surface area contributed by atoms with E-state index in [1.165, 1.54) is 0 Å². The number of hydrogen-bond acceptors (Lipinski definition) is 5. The normalized spacial score (nSPS) is 19.8. The van der Waals surface area contributed by atoms with E-state index in [1.807, 2.05) is 42.5 Å². The van der Waals surface area contributed by atoms with E-state index < -0.39 is 17.7 Å². The maximum Gasteiger partial charge on any atom is 0.353 e. The van der Waals surface area contributed by atoms with Crippen LogP contribution in [0.3, 0.4) is 0 Å². The highest BCUT2D eigenvalue weighted by Gasteiger charge is 2.49. The molecule has 0 saturated heterocycles. The standard InChI is InChI=1S/C21H24O5/c1-3-24-20(23)21(15(2)22)12-11-17-9-10-18(13-19(17)26-21)25-14-16-7-5-4-6-8-16/h4-10,13,15,22H,3,11-12,14H2,1-2H3/t15-,21+/m1/s1. The van der Waals surface area contributed by atoms with Crippen LogP contribution in [0.2, 0.25) is 0 Å². The van der Waals surface area contributed by atoms with Gasteiger partial charge in [0.2, 0.25) is 5.60 Å². The molecule has 1 heterocycles. The first kappa shape index (κ1) is 18.3. The van der Waals surface area contributed by atoms with Crippen LogP contribution in [-0.4, -0.2) is 29.4 Å². The fourth-order valence-corrected chi connectivity index (χ4v) is 3.10. The van der Waals surface area contributed by atoms with Gasteiger partial charge >= 0.3 is 5.97 Å². The molecule has 26 heavy (non-hydrogen) atoms. The maximum atomic E-state index is 12.4. The lowest BCUT2D eigenvalue weighted by atomic mass is 9.87. The third kappa shape index (κ3) is 3.68. The molecule has 2 atom stereocenters. The van der Waals surface area contributed by atoms with Gasteiger partial charge in [0, 0.05) is 12.5 Å². The largest absolute Gasteiger partial charge is 0.489 e. The smallest absolute Gasteiger partial charge is 0.353 e. The molecule has 5 nitrogen and oxygen atoms in total. The molecule has 0 unspecified atom stereocenters. The summed E-state index contributed by atoms with van der Waals surface area (Å²) in [5.41, 5.74) is 0.676. The molecule has 1 N–H and O–H groups in total. The molecule has 138 valence electrons. The predicted molar refractivity (Wildman–Crippen MR) is 97.2 cm³/mol. The predicted octanol–water partition coefficient (Wildman–Crippen LogP) is 3.27. The first-order chi connectivity index (χ1) is 12.5. The van der Waals surface area contributed by atoms with Crippen molar-refractivity contribution in [3.63, 3.8) is 0 Å². The van der Waals surface area contributed by atoms with Crippen LogP contribution in [0, 0.1) is 0 Å². The van der Waals surface area contributed by atoms with Crippen LogP contribution in [0.5, 0.6) is 11.5 Å². The molecule has 2 aromatic rings. The molecule has 0 radical (unpaired) electrons. The average Bonchev–Trinajstić information content (AvgIpc) is 2.66. The zero-order valence-corrected chi connectivity index (χ0v) is 15.1. The van der Waals surface area contributed by atoms with E-state index in [0.717, 1.165) is 11.1 Å². The zero-order valence-electron chi connectivity index (χ0n) is 15.1. The second kappa shape index (κ2) is 7.79. The topological polar surface area (TPSA) is 65.0 Å². The summed E-state index contributed by atoms with van der Waals surface area (Å²) in [5.74, 6) is 0.671. The zero-order chi connectivity index (χ0) is 18.6. The van der Waals surface area contributed by atoms with Gasteiger partial charge in [0.1, 0.15) is 24.2 Å². The Balaban J connectivity index is 1.79. The molecule has 0 aromatic heterocycles. The molecule has 2 aromatic carbocycles. The Morgan fingerprint density at radius 3 is 2.73 bits per heavy atom. The lowest BCUT2D eigenvalue weighted by molar-refractivity contribution is -0.174. The minimum Gasteiger partial charge on any atom is -0.489 e. The molecule has 0 aliphatic carbocycles. The van der Waals surface area contributed by atoms with Crippen molar-refractivity contribution in [1.82, 2.24) is 0 Å². The Labute approximate surface area is 153 Å². The van der Waals surface area contributed by atoms with E-state index in [0.29, 0.717) is 30.9 Å². The quantitative estimate of drug-likeness (QED) is 0.805. The molecular formula is C21H24O5. The highest BCUT2D eigenvalue weighted by atomic mass is 16.6. The number of benzene rings is 2. The third-order valence-electron chi connectivity index (χ3n) is 4.64. The van der Waals surface area contributed by atoms with Gasteiger partial charge in [-0.3, -0.25) is 0 Å². The van der Waals surface area contributed by atoms with Gasteiger partial charge in [-0.15, -0.1) is 0 Å². The minimum atomic E-state index is -1.37. The van der Waals surface area contributed by atoms with Crippen LogP contribution >= 0.6 is 0 Å². The third-order valence-corrected chi connectivity index (χ3v) is 4.64. The van der Waals surface area contributed by atoms with Gasteiger partial charge < -0.3 is 19.3 Å². The summed E-state index contributed by atoms with van der Waals surface area (Å²) < 4.78 is 17.0. The number of esters is 1. The monoisotopic (exact) mass is 356 g/mol. The number of fused-ring (bicyclic) bond motifs is 1. The van der Waals surface area contributed by atoms with Crippen molar-refractivity contribution in [3.8, 4) is 11.5 Å². The fraction of sp³-hybridized carbons (Fsp3) is 0.381. The Bertz CT molecular complexity index is 756. The molecule has 0 amide bonds. The Morgan fingerprint density at radius 1 is 1.27 bits per heavy atom. The summed E-state index contributed by atoms with van der Waals surface area (Å²) in [4.78, 5) is 12.4. The molecule has 0 spiro atoms. The molecule has 1 aliphatic heterocycles. The lowest BCUT2D eigenvalue weighted by Gasteiger charge is -2.38. The van der Waals surface area contributed by atoms with Gasteiger partial charge in [-0.1, -0.05) is 36.4 Å². The Hall–Kier alpha value is -2.53. The van der Waals surface area contributed by atoms with Gasteiger partial charge in [0.05, 0.1) is 6.61 Å². The summed E-state index contributed by atoms with van der Waals surface area (Å²) in [6.45, 7) is 3.97. The van der Waals surface area contributed by atoms with Gasteiger partial charge in [0.25, 0.3) is 0 Å². The van der Waals surface area contributed by atoms with Crippen LogP contribution in [0.15, 0.2) is 48.5 Å². The van der Waals surface area contributed by atoms with Crippen LogP contribution < -0.4 is 9.47 Å². The van der Waals surface area contributed by atoms with E-state index in [1.54, 1.807) is 19.9 Å². The van der Waals surface area contributed by atoms with Crippen molar-refractivity contribution in [2.45, 2.75) is 45.0 Å². The van der Waals surface area contributed by atoms with E-state index in [9.17, 15) is 9.90 Å². The van der Waals surface area contributed by atoms with Crippen LogP contribution in [-0.2, 0) is 22.6 Å². The van der Waals surface area contributed by atoms with Crippen molar-refractivity contribution in [2.24, 2.45) is 0 Å². The van der Waals surface area contributed by atoms with Gasteiger partial charge in [-0.05, 0) is 37.5 Å². The van der Waals surface area contributed by atoms with E-state index in [2.05, 4.69) is 0 Å². The number of aliphatic hydroxyl groups excluding tert-OH is 1. The van der Waals surface area contributed by atoms with E-state index in [-0.39, 0.29) is 6.61 Å². The molecule has 3 rings (SSSR count). The van der Waals surface area contributed by atoms with Crippen LogP contribution in [0.1, 0.15) is 31.4 Å². The number of carbonyl (C=O) groups is 1. The molecular weight excluding hydrogens is 332 g/mol. The molecule has 1 aliphatic rings. The second-order valence-electron chi connectivity index (χ2n) is 6.43. The molecule has 0 bridgehead atoms. The Morgan fingerprint density at radius 2 is 2.04 bits per heavy atom. The number of rotatable bonds is 6. The summed E-state index contributed by atoms with van der Waals surface area (Å²) in [5, 5.41) is 10.2. The minimum absolute atomic E-state index is 0.240. The summed E-state index contributed by atoms with van der Waals surface area (Å²) >= 11 is 0. The molecule has 0 saturated carbocycles. The summed E-state index contributed by atoms with van der Waals surface area (Å²) in [6.07, 6.45) is 0.0160. The van der Waals surface area contributed by atoms with Crippen molar-refractivity contribution in [1.29, 1.82) is 0 Å². The first-order valence-corrected chi connectivity index (χ1v) is 8.89. The second-order valence-corrected chi connectivity index (χ2v) is 6.43. The van der Waals surface area contributed by atoms with Crippen molar-refractivity contribution < 1.29 is 24.1 Å². The van der Waals surface area contributed by atoms with E-state index in [4.69, 9.17) is 14.2 Å². The summed E-state index contributed by atoms with van der Waals surface area (Å²) in [6, 6.07) is 15.5. The average molecular weight is 356 g/mol. The van der Waals surface area contributed by atoms with Crippen molar-refractivity contribution >= 4 is 5.97 Å². The number of ether oxygens (including phenoxy) is 3. The van der Waals surface area contributed by atoms with Crippen molar-refractivity contribution in [3.05, 3.63) is 59.7 Å².